The van der Waals surface area contributed by atoms with E-state index in [0.717, 1.165) is 17.9 Å². The number of rotatable bonds is 5. The van der Waals surface area contributed by atoms with Crippen molar-refractivity contribution < 1.29 is 9.53 Å². The van der Waals surface area contributed by atoms with Gasteiger partial charge in [-0.05, 0) is 62.0 Å². The summed E-state index contributed by atoms with van der Waals surface area (Å²) in [6, 6.07) is 16.7. The first-order valence-electron chi connectivity index (χ1n) is 7.92. The summed E-state index contributed by atoms with van der Waals surface area (Å²) in [5.74, 6) is 0.516. The van der Waals surface area contributed by atoms with Crippen LogP contribution in [0.25, 0.3) is 0 Å². The molecular formula is C19H22N2O2S. The van der Waals surface area contributed by atoms with Crippen LogP contribution in [0.4, 0.5) is 5.69 Å². The first-order valence-corrected chi connectivity index (χ1v) is 8.33. The van der Waals surface area contributed by atoms with Crippen molar-refractivity contribution in [2.24, 2.45) is 0 Å². The fourth-order valence-corrected chi connectivity index (χ4v) is 2.22. The molecule has 0 aliphatic heterocycles. The topological polar surface area (TPSA) is 41.6 Å². The second-order valence-electron chi connectivity index (χ2n) is 5.51. The van der Waals surface area contributed by atoms with Gasteiger partial charge >= 0.3 is 0 Å². The lowest BCUT2D eigenvalue weighted by atomic mass is 10.2. The van der Waals surface area contributed by atoms with Crippen molar-refractivity contribution in [3.63, 3.8) is 0 Å². The van der Waals surface area contributed by atoms with Gasteiger partial charge in [-0.15, -0.1) is 0 Å². The quantitative estimate of drug-likeness (QED) is 0.834. The molecule has 0 saturated heterocycles. The molecule has 1 amide bonds. The molecule has 0 spiro atoms. The first-order chi connectivity index (χ1) is 11.5. The van der Waals surface area contributed by atoms with E-state index in [9.17, 15) is 4.79 Å². The molecule has 5 heteroatoms. The zero-order valence-corrected chi connectivity index (χ0v) is 15.0. The largest absolute Gasteiger partial charge is 0.491 e. The summed E-state index contributed by atoms with van der Waals surface area (Å²) in [7, 11) is 1.82. The predicted octanol–water partition coefficient (Wildman–Crippen LogP) is 4.02. The Labute approximate surface area is 148 Å². The number of carbonyl (C=O) groups is 1. The van der Waals surface area contributed by atoms with Crippen molar-refractivity contribution in [1.29, 1.82) is 0 Å². The number of thiocarbonyl (C=S) groups is 1. The van der Waals surface area contributed by atoms with E-state index in [0.29, 0.717) is 10.7 Å². The lowest BCUT2D eigenvalue weighted by molar-refractivity contribution is 0.0977. The van der Waals surface area contributed by atoms with Crippen molar-refractivity contribution in [2.45, 2.75) is 26.4 Å². The standard InChI is InChI=1S/C19H22N2O2S/c1-4-14(2)23-17-12-10-15(11-13-17)18(22)20-19(24)21(3)16-8-6-5-7-9-16/h5-14H,4H2,1-3H3,(H,20,22,24). The van der Waals surface area contributed by atoms with Crippen LogP contribution in [-0.4, -0.2) is 24.2 Å². The van der Waals surface area contributed by atoms with Crippen LogP contribution in [0.1, 0.15) is 30.6 Å². The van der Waals surface area contributed by atoms with Gasteiger partial charge in [0.25, 0.3) is 5.91 Å². The molecule has 2 aromatic carbocycles. The minimum atomic E-state index is -0.238. The average molecular weight is 342 g/mol. The number of anilines is 1. The Morgan fingerprint density at radius 2 is 1.79 bits per heavy atom. The molecule has 2 rings (SSSR count). The lowest BCUT2D eigenvalue weighted by Gasteiger charge is -2.20. The molecule has 2 aromatic rings. The Hall–Kier alpha value is -2.40. The van der Waals surface area contributed by atoms with E-state index in [-0.39, 0.29) is 12.0 Å². The Bertz CT molecular complexity index is 686. The Balaban J connectivity index is 1.98. The molecule has 0 fully saturated rings. The van der Waals surface area contributed by atoms with E-state index in [1.165, 1.54) is 0 Å². The average Bonchev–Trinajstić information content (AvgIpc) is 2.62. The third kappa shape index (κ3) is 4.80. The second-order valence-corrected chi connectivity index (χ2v) is 5.90. The fraction of sp³-hybridized carbons (Fsp3) is 0.263. The molecule has 0 aliphatic carbocycles. The van der Waals surface area contributed by atoms with Gasteiger partial charge in [0.1, 0.15) is 5.75 Å². The highest BCUT2D eigenvalue weighted by atomic mass is 32.1. The number of amides is 1. The summed E-state index contributed by atoms with van der Waals surface area (Å²) in [6.45, 7) is 4.08. The number of benzene rings is 2. The molecule has 1 atom stereocenters. The summed E-state index contributed by atoms with van der Waals surface area (Å²) in [5, 5.41) is 3.10. The van der Waals surface area contributed by atoms with Crippen LogP contribution in [0.2, 0.25) is 0 Å². The molecule has 0 heterocycles. The number of para-hydroxylation sites is 1. The molecule has 4 nitrogen and oxygen atoms in total. The number of nitrogens with zero attached hydrogens (tertiary/aromatic N) is 1. The highest BCUT2D eigenvalue weighted by Crippen LogP contribution is 2.15. The third-order valence-corrected chi connectivity index (χ3v) is 4.07. The maximum absolute atomic E-state index is 12.3. The predicted molar refractivity (Wildman–Crippen MR) is 102 cm³/mol. The molecule has 0 bridgehead atoms. The van der Waals surface area contributed by atoms with Gasteiger partial charge < -0.3 is 9.64 Å². The van der Waals surface area contributed by atoms with Gasteiger partial charge in [0.05, 0.1) is 6.10 Å². The molecular weight excluding hydrogens is 320 g/mol. The first kappa shape index (κ1) is 17.9. The van der Waals surface area contributed by atoms with E-state index in [2.05, 4.69) is 12.2 Å². The van der Waals surface area contributed by atoms with Crippen LogP contribution >= 0.6 is 12.2 Å². The van der Waals surface area contributed by atoms with E-state index in [4.69, 9.17) is 17.0 Å². The minimum absolute atomic E-state index is 0.150. The summed E-state index contributed by atoms with van der Waals surface area (Å²) >= 11 is 5.30. The zero-order valence-electron chi connectivity index (χ0n) is 14.2. The van der Waals surface area contributed by atoms with Gasteiger partial charge in [0.2, 0.25) is 0 Å². The van der Waals surface area contributed by atoms with Crippen molar-refractivity contribution in [3.8, 4) is 5.75 Å². The smallest absolute Gasteiger partial charge is 0.257 e. The van der Waals surface area contributed by atoms with Crippen molar-refractivity contribution >= 4 is 28.9 Å². The Morgan fingerprint density at radius 1 is 1.17 bits per heavy atom. The third-order valence-electron chi connectivity index (χ3n) is 3.70. The van der Waals surface area contributed by atoms with Gasteiger partial charge in [-0.2, -0.15) is 0 Å². The van der Waals surface area contributed by atoms with Gasteiger partial charge in [-0.3, -0.25) is 10.1 Å². The molecule has 0 saturated carbocycles. The number of nitrogens with one attached hydrogen (secondary N) is 1. The van der Waals surface area contributed by atoms with Crippen LogP contribution in [0.5, 0.6) is 5.75 Å². The molecule has 0 aromatic heterocycles. The summed E-state index contributed by atoms with van der Waals surface area (Å²) < 4.78 is 5.71. The van der Waals surface area contributed by atoms with Gasteiger partial charge in [0.15, 0.2) is 5.11 Å². The van der Waals surface area contributed by atoms with Crippen LogP contribution < -0.4 is 15.0 Å². The highest BCUT2D eigenvalue weighted by Gasteiger charge is 2.12. The lowest BCUT2D eigenvalue weighted by Crippen LogP contribution is -2.40. The van der Waals surface area contributed by atoms with Crippen LogP contribution in [0, 0.1) is 0 Å². The number of hydrogen-bond donors (Lipinski definition) is 1. The van der Waals surface area contributed by atoms with Crippen molar-refractivity contribution in [3.05, 3.63) is 60.2 Å². The van der Waals surface area contributed by atoms with E-state index >= 15 is 0 Å². The molecule has 126 valence electrons. The Kier molecular flexibility index (Phi) is 6.32. The summed E-state index contributed by atoms with van der Waals surface area (Å²) in [4.78, 5) is 14.1. The highest BCUT2D eigenvalue weighted by molar-refractivity contribution is 7.80. The summed E-state index contributed by atoms with van der Waals surface area (Å²) in [6.07, 6.45) is 1.08. The van der Waals surface area contributed by atoms with Crippen molar-refractivity contribution in [2.75, 3.05) is 11.9 Å². The van der Waals surface area contributed by atoms with Crippen LogP contribution in [0.3, 0.4) is 0 Å². The fourth-order valence-electron chi connectivity index (χ4n) is 2.02. The van der Waals surface area contributed by atoms with E-state index in [1.54, 1.807) is 29.2 Å². The van der Waals surface area contributed by atoms with Gasteiger partial charge in [-0.1, -0.05) is 25.1 Å². The van der Waals surface area contributed by atoms with Gasteiger partial charge in [0, 0.05) is 18.3 Å². The second kappa shape index (κ2) is 8.45. The normalized spacial score (nSPS) is 11.5. The molecule has 0 aliphatic rings. The number of hydrogen-bond acceptors (Lipinski definition) is 3. The summed E-state index contributed by atoms with van der Waals surface area (Å²) in [5.41, 5.74) is 1.45. The monoisotopic (exact) mass is 342 g/mol. The Morgan fingerprint density at radius 3 is 2.38 bits per heavy atom. The van der Waals surface area contributed by atoms with Crippen LogP contribution in [0.15, 0.2) is 54.6 Å². The maximum Gasteiger partial charge on any atom is 0.257 e. The van der Waals surface area contributed by atoms with Gasteiger partial charge in [-0.25, -0.2) is 0 Å². The maximum atomic E-state index is 12.3. The molecule has 0 radical (unpaired) electrons. The number of ether oxygens (including phenoxy) is 1. The molecule has 24 heavy (non-hydrogen) atoms. The molecule has 1 N–H and O–H groups in total. The zero-order chi connectivity index (χ0) is 17.5. The minimum Gasteiger partial charge on any atom is -0.491 e. The van der Waals surface area contributed by atoms with E-state index in [1.807, 2.05) is 44.3 Å². The van der Waals surface area contributed by atoms with Crippen LogP contribution in [-0.2, 0) is 0 Å². The number of carbonyl (C=O) groups excluding carboxylic acids is 1. The van der Waals surface area contributed by atoms with Crippen molar-refractivity contribution in [1.82, 2.24) is 5.32 Å². The molecule has 1 unspecified atom stereocenters. The van der Waals surface area contributed by atoms with E-state index < -0.39 is 0 Å². The SMILES string of the molecule is CCC(C)Oc1ccc(C(=O)NC(=S)N(C)c2ccccc2)cc1.